The van der Waals surface area contributed by atoms with Crippen molar-refractivity contribution in [2.45, 2.75) is 50.2 Å². The predicted octanol–water partition coefficient (Wildman–Crippen LogP) is 2.84. The van der Waals surface area contributed by atoms with Crippen molar-refractivity contribution in [3.05, 3.63) is 24.0 Å². The van der Waals surface area contributed by atoms with E-state index in [-0.39, 0.29) is 5.82 Å². The molecule has 1 aromatic rings. The zero-order valence-electron chi connectivity index (χ0n) is 11.4. The number of halogens is 1. The zero-order valence-corrected chi connectivity index (χ0v) is 11.4. The van der Waals surface area contributed by atoms with Crippen molar-refractivity contribution < 1.29 is 4.39 Å². The third kappa shape index (κ3) is 2.54. The highest BCUT2D eigenvalue weighted by molar-refractivity contribution is 5.66. The van der Waals surface area contributed by atoms with Gasteiger partial charge < -0.3 is 16.0 Å². The highest BCUT2D eigenvalue weighted by Crippen LogP contribution is 2.34. The SMILES string of the molecule is CN1C2CCCC1CC(Nc1ccc(F)cc1N)C2. The average Bonchev–Trinajstić information content (AvgIpc) is 2.34. The maximum atomic E-state index is 13.1. The monoisotopic (exact) mass is 263 g/mol. The molecule has 19 heavy (non-hydrogen) atoms. The summed E-state index contributed by atoms with van der Waals surface area (Å²) >= 11 is 0. The van der Waals surface area contributed by atoms with Crippen molar-refractivity contribution >= 4 is 11.4 Å². The van der Waals surface area contributed by atoms with Crippen molar-refractivity contribution in [1.29, 1.82) is 0 Å². The fourth-order valence-corrected chi connectivity index (χ4v) is 3.62. The molecular weight excluding hydrogens is 241 g/mol. The molecule has 2 fully saturated rings. The summed E-state index contributed by atoms with van der Waals surface area (Å²) in [6.07, 6.45) is 6.26. The van der Waals surface area contributed by atoms with Crippen molar-refractivity contribution in [1.82, 2.24) is 4.90 Å². The number of nitrogens with zero attached hydrogens (tertiary/aromatic N) is 1. The molecule has 2 heterocycles. The Bertz CT molecular complexity index is 449. The highest BCUT2D eigenvalue weighted by Gasteiger charge is 2.35. The molecule has 2 saturated heterocycles. The third-order valence-corrected chi connectivity index (χ3v) is 4.71. The van der Waals surface area contributed by atoms with Gasteiger partial charge in [0.25, 0.3) is 0 Å². The molecule has 3 rings (SSSR count). The van der Waals surface area contributed by atoms with E-state index in [1.54, 1.807) is 6.07 Å². The standard InChI is InChI=1S/C15H22FN3/c1-19-12-3-2-4-13(19)9-11(8-12)18-15-6-5-10(16)7-14(15)17/h5-7,11-13,18H,2-4,8-9,17H2,1H3. The van der Waals surface area contributed by atoms with Crippen molar-refractivity contribution in [2.75, 3.05) is 18.1 Å². The van der Waals surface area contributed by atoms with Crippen LogP contribution in [0.25, 0.3) is 0 Å². The van der Waals surface area contributed by atoms with Crippen molar-refractivity contribution in [3.63, 3.8) is 0 Å². The van der Waals surface area contributed by atoms with E-state index in [4.69, 9.17) is 5.73 Å². The Labute approximate surface area is 114 Å². The van der Waals surface area contributed by atoms with Gasteiger partial charge >= 0.3 is 0 Å². The molecule has 2 bridgehead atoms. The van der Waals surface area contributed by atoms with Crippen LogP contribution in [-0.4, -0.2) is 30.1 Å². The van der Waals surface area contributed by atoms with Crippen LogP contribution in [0.15, 0.2) is 18.2 Å². The van der Waals surface area contributed by atoms with Crippen LogP contribution in [0.5, 0.6) is 0 Å². The lowest BCUT2D eigenvalue weighted by molar-refractivity contribution is 0.0608. The van der Waals surface area contributed by atoms with Crippen LogP contribution in [0.3, 0.4) is 0 Å². The molecule has 3 nitrogen and oxygen atoms in total. The summed E-state index contributed by atoms with van der Waals surface area (Å²) in [5.41, 5.74) is 7.24. The molecule has 104 valence electrons. The molecule has 0 spiro atoms. The summed E-state index contributed by atoms with van der Waals surface area (Å²) in [5, 5.41) is 3.51. The van der Waals surface area contributed by atoms with E-state index in [0.29, 0.717) is 23.8 Å². The molecule has 0 aliphatic carbocycles. The van der Waals surface area contributed by atoms with Crippen LogP contribution in [-0.2, 0) is 0 Å². The van der Waals surface area contributed by atoms with E-state index in [9.17, 15) is 4.39 Å². The maximum Gasteiger partial charge on any atom is 0.125 e. The summed E-state index contributed by atoms with van der Waals surface area (Å²) in [6, 6.07) is 6.43. The topological polar surface area (TPSA) is 41.3 Å². The first-order chi connectivity index (χ1) is 9.13. The molecule has 0 amide bonds. The van der Waals surface area contributed by atoms with Crippen molar-refractivity contribution in [3.8, 4) is 0 Å². The van der Waals surface area contributed by atoms with Crippen LogP contribution in [0.4, 0.5) is 15.8 Å². The third-order valence-electron chi connectivity index (χ3n) is 4.71. The number of rotatable bonds is 2. The second-order valence-electron chi connectivity index (χ2n) is 5.95. The average molecular weight is 263 g/mol. The molecule has 2 aliphatic heterocycles. The number of nitrogens with two attached hydrogens (primary N) is 1. The van der Waals surface area contributed by atoms with E-state index in [1.807, 2.05) is 0 Å². The molecule has 2 unspecified atom stereocenters. The van der Waals surface area contributed by atoms with Gasteiger partial charge in [-0.05, 0) is 50.9 Å². The Morgan fingerprint density at radius 3 is 2.58 bits per heavy atom. The summed E-state index contributed by atoms with van der Waals surface area (Å²) < 4.78 is 13.1. The van der Waals surface area contributed by atoms with E-state index in [0.717, 1.165) is 18.5 Å². The Morgan fingerprint density at radius 1 is 1.26 bits per heavy atom. The smallest absolute Gasteiger partial charge is 0.125 e. The van der Waals surface area contributed by atoms with Gasteiger partial charge in [0.1, 0.15) is 5.82 Å². The molecule has 0 radical (unpaired) electrons. The quantitative estimate of drug-likeness (QED) is 0.806. The molecule has 1 aromatic carbocycles. The number of hydrogen-bond acceptors (Lipinski definition) is 3. The molecule has 3 N–H and O–H groups in total. The summed E-state index contributed by atoms with van der Waals surface area (Å²) in [7, 11) is 2.25. The number of fused-ring (bicyclic) bond motifs is 2. The normalized spacial score (nSPS) is 31.2. The Hall–Kier alpha value is -1.29. The van der Waals surface area contributed by atoms with Gasteiger partial charge in [0, 0.05) is 18.1 Å². The lowest BCUT2D eigenvalue weighted by atomic mass is 9.82. The van der Waals surface area contributed by atoms with E-state index >= 15 is 0 Å². The summed E-state index contributed by atoms with van der Waals surface area (Å²) in [5.74, 6) is -0.275. The summed E-state index contributed by atoms with van der Waals surface area (Å²) in [6.45, 7) is 0. The molecule has 0 saturated carbocycles. The van der Waals surface area contributed by atoms with Gasteiger partial charge in [-0.2, -0.15) is 0 Å². The van der Waals surface area contributed by atoms with Crippen LogP contribution < -0.4 is 11.1 Å². The minimum atomic E-state index is -0.275. The number of anilines is 2. The number of hydrogen-bond donors (Lipinski definition) is 2. The molecule has 2 atom stereocenters. The summed E-state index contributed by atoms with van der Waals surface area (Å²) in [4.78, 5) is 2.54. The van der Waals surface area contributed by atoms with Crippen LogP contribution >= 0.6 is 0 Å². The fourth-order valence-electron chi connectivity index (χ4n) is 3.62. The first kappa shape index (κ1) is 12.7. The van der Waals surface area contributed by atoms with E-state index < -0.39 is 0 Å². The van der Waals surface area contributed by atoms with Gasteiger partial charge in [-0.25, -0.2) is 4.39 Å². The van der Waals surface area contributed by atoms with Crippen LogP contribution in [0, 0.1) is 5.82 Å². The second kappa shape index (κ2) is 5.00. The molecule has 2 aliphatic rings. The van der Waals surface area contributed by atoms with Crippen LogP contribution in [0.2, 0.25) is 0 Å². The predicted molar refractivity (Wildman–Crippen MR) is 76.6 cm³/mol. The lowest BCUT2D eigenvalue weighted by Crippen LogP contribution is -2.52. The first-order valence-corrected chi connectivity index (χ1v) is 7.17. The first-order valence-electron chi connectivity index (χ1n) is 7.17. The van der Waals surface area contributed by atoms with Gasteiger partial charge in [0.05, 0.1) is 11.4 Å². The number of nitrogens with one attached hydrogen (secondary N) is 1. The zero-order chi connectivity index (χ0) is 13.4. The Morgan fingerprint density at radius 2 is 1.95 bits per heavy atom. The van der Waals surface area contributed by atoms with E-state index in [2.05, 4.69) is 17.3 Å². The maximum absolute atomic E-state index is 13.1. The molecular formula is C15H22FN3. The highest BCUT2D eigenvalue weighted by atomic mass is 19.1. The Balaban J connectivity index is 1.70. The van der Waals surface area contributed by atoms with Gasteiger partial charge in [0.2, 0.25) is 0 Å². The van der Waals surface area contributed by atoms with Crippen molar-refractivity contribution in [2.24, 2.45) is 0 Å². The van der Waals surface area contributed by atoms with Gasteiger partial charge in [0.15, 0.2) is 0 Å². The lowest BCUT2D eigenvalue weighted by Gasteiger charge is -2.47. The van der Waals surface area contributed by atoms with Crippen LogP contribution in [0.1, 0.15) is 32.1 Å². The number of benzene rings is 1. The number of piperidine rings is 2. The van der Waals surface area contributed by atoms with Gasteiger partial charge in [-0.15, -0.1) is 0 Å². The largest absolute Gasteiger partial charge is 0.397 e. The second-order valence-corrected chi connectivity index (χ2v) is 5.95. The molecule has 0 aromatic heterocycles. The van der Waals surface area contributed by atoms with Gasteiger partial charge in [-0.1, -0.05) is 6.42 Å². The minimum absolute atomic E-state index is 0.275. The Kier molecular flexibility index (Phi) is 3.35. The fraction of sp³-hybridized carbons (Fsp3) is 0.600. The minimum Gasteiger partial charge on any atom is -0.397 e. The van der Waals surface area contributed by atoms with Gasteiger partial charge in [-0.3, -0.25) is 0 Å². The number of nitrogen functional groups attached to an aromatic ring is 1. The molecule has 4 heteroatoms. The van der Waals surface area contributed by atoms with E-state index in [1.165, 1.54) is 31.4 Å².